The summed E-state index contributed by atoms with van der Waals surface area (Å²) in [6, 6.07) is 0.737. The highest BCUT2D eigenvalue weighted by atomic mass is 19.4. The highest BCUT2D eigenvalue weighted by molar-refractivity contribution is 5.67. The van der Waals surface area contributed by atoms with Crippen molar-refractivity contribution in [2.24, 2.45) is 5.92 Å². The number of carbonyl (C=O) groups is 3. The first-order valence-electron chi connectivity index (χ1n) is 8.96. The Kier molecular flexibility index (Phi) is 7.71. The third kappa shape index (κ3) is 6.65. The van der Waals surface area contributed by atoms with Gasteiger partial charge in [0.25, 0.3) is 0 Å². The van der Waals surface area contributed by atoms with E-state index in [1.54, 1.807) is 0 Å². The van der Waals surface area contributed by atoms with Crippen LogP contribution in [0.3, 0.4) is 0 Å². The van der Waals surface area contributed by atoms with E-state index in [0.29, 0.717) is 0 Å². The summed E-state index contributed by atoms with van der Waals surface area (Å²) in [5.41, 5.74) is -1.11. The number of carbonyl (C=O) groups excluding carboxylic acids is 3. The molecule has 1 unspecified atom stereocenters. The molecule has 1 aromatic heterocycles. The highest BCUT2D eigenvalue weighted by Gasteiger charge is 2.46. The molecule has 9 nitrogen and oxygen atoms in total. The SMILES string of the molecule is CC(=O)OCC1OC[C@H](Cc2nccc(C(F)(F)F)n2)[C@@H](OC(C)=O)[C@H]1OC(C)=O. The smallest absolute Gasteiger partial charge is 0.433 e. The first-order valence-corrected chi connectivity index (χ1v) is 8.96. The predicted molar refractivity (Wildman–Crippen MR) is 91.7 cm³/mol. The molecule has 166 valence electrons. The van der Waals surface area contributed by atoms with Crippen molar-refractivity contribution in [1.29, 1.82) is 0 Å². The van der Waals surface area contributed by atoms with Gasteiger partial charge in [-0.3, -0.25) is 14.4 Å². The van der Waals surface area contributed by atoms with Gasteiger partial charge in [-0.15, -0.1) is 0 Å². The van der Waals surface area contributed by atoms with E-state index in [2.05, 4.69) is 9.97 Å². The van der Waals surface area contributed by atoms with Crippen molar-refractivity contribution in [2.45, 2.75) is 51.7 Å². The number of alkyl halides is 3. The molecule has 0 radical (unpaired) electrons. The molecule has 0 bridgehead atoms. The van der Waals surface area contributed by atoms with Gasteiger partial charge in [-0.25, -0.2) is 9.97 Å². The number of esters is 3. The lowest BCUT2D eigenvalue weighted by atomic mass is 9.89. The molecule has 2 heterocycles. The van der Waals surface area contributed by atoms with Gasteiger partial charge < -0.3 is 18.9 Å². The third-order valence-electron chi connectivity index (χ3n) is 4.17. The number of aromatic nitrogens is 2. The van der Waals surface area contributed by atoms with Gasteiger partial charge in [-0.1, -0.05) is 0 Å². The van der Waals surface area contributed by atoms with Crippen molar-refractivity contribution >= 4 is 17.9 Å². The maximum Gasteiger partial charge on any atom is 0.433 e. The summed E-state index contributed by atoms with van der Waals surface area (Å²) in [7, 11) is 0. The summed E-state index contributed by atoms with van der Waals surface area (Å²) in [6.07, 6.45) is -6.95. The monoisotopic (exact) mass is 434 g/mol. The Morgan fingerprint density at radius 2 is 1.73 bits per heavy atom. The van der Waals surface area contributed by atoms with Gasteiger partial charge >= 0.3 is 24.1 Å². The van der Waals surface area contributed by atoms with Gasteiger partial charge in [0.05, 0.1) is 6.61 Å². The van der Waals surface area contributed by atoms with Gasteiger partial charge in [0.1, 0.15) is 30.3 Å². The van der Waals surface area contributed by atoms with Crippen LogP contribution in [0, 0.1) is 5.92 Å². The Hall–Kier alpha value is -2.76. The minimum atomic E-state index is -4.65. The predicted octanol–water partition coefficient (Wildman–Crippen LogP) is 1.48. The van der Waals surface area contributed by atoms with E-state index in [4.69, 9.17) is 18.9 Å². The fourth-order valence-electron chi connectivity index (χ4n) is 3.01. The molecule has 1 saturated heterocycles. The van der Waals surface area contributed by atoms with E-state index in [0.717, 1.165) is 26.1 Å². The first kappa shape index (κ1) is 23.5. The lowest BCUT2D eigenvalue weighted by Gasteiger charge is -2.40. The van der Waals surface area contributed by atoms with E-state index in [9.17, 15) is 27.6 Å². The van der Waals surface area contributed by atoms with Crippen LogP contribution in [0.4, 0.5) is 13.2 Å². The number of hydrogen-bond acceptors (Lipinski definition) is 9. The van der Waals surface area contributed by atoms with Crippen molar-refractivity contribution in [1.82, 2.24) is 9.97 Å². The molecule has 2 rings (SSSR count). The minimum Gasteiger partial charge on any atom is -0.463 e. The summed E-state index contributed by atoms with van der Waals surface area (Å²) in [4.78, 5) is 41.7. The average Bonchev–Trinajstić information content (AvgIpc) is 2.62. The van der Waals surface area contributed by atoms with Gasteiger partial charge in [0, 0.05) is 39.3 Å². The molecular formula is C18H21F3N2O7. The minimum absolute atomic E-state index is 0.0821. The number of rotatable bonds is 6. The first-order chi connectivity index (χ1) is 14.0. The van der Waals surface area contributed by atoms with Crippen LogP contribution in [-0.2, 0) is 45.9 Å². The van der Waals surface area contributed by atoms with Crippen LogP contribution >= 0.6 is 0 Å². The van der Waals surface area contributed by atoms with Gasteiger partial charge in [-0.05, 0) is 6.07 Å². The second kappa shape index (κ2) is 9.83. The summed E-state index contributed by atoms with van der Waals surface area (Å²) in [5.74, 6) is -2.85. The summed E-state index contributed by atoms with van der Waals surface area (Å²) >= 11 is 0. The Morgan fingerprint density at radius 3 is 2.30 bits per heavy atom. The van der Waals surface area contributed by atoms with Gasteiger partial charge in [-0.2, -0.15) is 13.2 Å². The molecule has 0 aliphatic carbocycles. The van der Waals surface area contributed by atoms with E-state index >= 15 is 0 Å². The van der Waals surface area contributed by atoms with Crippen LogP contribution in [0.2, 0.25) is 0 Å². The lowest BCUT2D eigenvalue weighted by molar-refractivity contribution is -0.214. The van der Waals surface area contributed by atoms with Crippen LogP contribution in [0.15, 0.2) is 12.3 Å². The van der Waals surface area contributed by atoms with E-state index < -0.39 is 54.0 Å². The van der Waals surface area contributed by atoms with E-state index in [1.165, 1.54) is 6.92 Å². The Labute approximate surface area is 169 Å². The zero-order chi connectivity index (χ0) is 22.5. The number of nitrogens with zero attached hydrogens (tertiary/aromatic N) is 2. The summed E-state index contributed by atoms with van der Waals surface area (Å²) in [6.45, 7) is 3.10. The molecule has 12 heteroatoms. The van der Waals surface area contributed by atoms with Crippen molar-refractivity contribution in [3.05, 3.63) is 23.8 Å². The molecular weight excluding hydrogens is 413 g/mol. The third-order valence-corrected chi connectivity index (χ3v) is 4.17. The van der Waals surface area contributed by atoms with E-state index in [1.807, 2.05) is 0 Å². The zero-order valence-corrected chi connectivity index (χ0v) is 16.5. The van der Waals surface area contributed by atoms with Crippen molar-refractivity contribution in [2.75, 3.05) is 13.2 Å². The topological polar surface area (TPSA) is 114 Å². The van der Waals surface area contributed by atoms with Gasteiger partial charge in [0.2, 0.25) is 0 Å². The molecule has 1 aliphatic heterocycles. The highest BCUT2D eigenvalue weighted by Crippen LogP contribution is 2.30. The van der Waals surface area contributed by atoms with Crippen molar-refractivity contribution < 1.29 is 46.5 Å². The molecule has 0 N–H and O–H groups in total. The van der Waals surface area contributed by atoms with E-state index in [-0.39, 0.29) is 25.5 Å². The molecule has 30 heavy (non-hydrogen) atoms. The fraction of sp³-hybridized carbons (Fsp3) is 0.611. The molecule has 4 atom stereocenters. The molecule has 0 amide bonds. The average molecular weight is 434 g/mol. The van der Waals surface area contributed by atoms with Crippen LogP contribution < -0.4 is 0 Å². The standard InChI is InChI=1S/C18H21F3N2O7/c1-9(24)27-8-13-17(30-11(3)26)16(29-10(2)25)12(7-28-13)6-15-22-5-4-14(23-15)18(19,20)21/h4-5,12-13,16-17H,6-8H2,1-3H3/t12-,13?,16+,17-/m0/s1. The van der Waals surface area contributed by atoms with Crippen molar-refractivity contribution in [3.8, 4) is 0 Å². The van der Waals surface area contributed by atoms with Crippen LogP contribution in [0.25, 0.3) is 0 Å². The Balaban J connectivity index is 2.28. The van der Waals surface area contributed by atoms with Crippen LogP contribution in [-0.4, -0.2) is 59.4 Å². The molecule has 0 aromatic carbocycles. The lowest BCUT2D eigenvalue weighted by Crippen LogP contribution is -2.55. The fourth-order valence-corrected chi connectivity index (χ4v) is 3.01. The second-order valence-electron chi connectivity index (χ2n) is 6.64. The van der Waals surface area contributed by atoms with Crippen LogP contribution in [0.5, 0.6) is 0 Å². The Bertz CT molecular complexity index is 787. The maximum atomic E-state index is 12.9. The quantitative estimate of drug-likeness (QED) is 0.485. The molecule has 1 fully saturated rings. The summed E-state index contributed by atoms with van der Waals surface area (Å²) < 4.78 is 59.8. The number of hydrogen-bond donors (Lipinski definition) is 0. The molecule has 1 aromatic rings. The molecule has 1 aliphatic rings. The number of ether oxygens (including phenoxy) is 4. The van der Waals surface area contributed by atoms with Gasteiger partial charge in [0.15, 0.2) is 6.10 Å². The maximum absolute atomic E-state index is 12.9. The second-order valence-corrected chi connectivity index (χ2v) is 6.64. The molecule has 0 saturated carbocycles. The normalized spacial score (nSPS) is 24.1. The number of halogens is 3. The van der Waals surface area contributed by atoms with Crippen LogP contribution in [0.1, 0.15) is 32.3 Å². The van der Waals surface area contributed by atoms with Crippen molar-refractivity contribution in [3.63, 3.8) is 0 Å². The largest absolute Gasteiger partial charge is 0.463 e. The zero-order valence-electron chi connectivity index (χ0n) is 16.5. The summed E-state index contributed by atoms with van der Waals surface area (Å²) in [5, 5.41) is 0. The Morgan fingerprint density at radius 1 is 1.10 bits per heavy atom. The molecule has 0 spiro atoms.